The number of nitrogens with zero attached hydrogens (tertiary/aromatic N) is 3. The molecule has 3 aromatic heterocycles. The Hall–Kier alpha value is -6.52. The molecule has 0 atom stereocenters. The minimum absolute atomic E-state index is 0.0758. The van der Waals surface area contributed by atoms with Crippen molar-refractivity contribution < 1.29 is 0 Å². The maximum atomic E-state index is 5.72. The zero-order chi connectivity index (χ0) is 35.0. The van der Waals surface area contributed by atoms with Crippen molar-refractivity contribution in [3.05, 3.63) is 163 Å². The Morgan fingerprint density at radius 2 is 1.29 bits per heavy atom. The highest BCUT2D eigenvalue weighted by Gasteiger charge is 2.25. The lowest BCUT2D eigenvalue weighted by Crippen LogP contribution is -2.11. The fourth-order valence-electron chi connectivity index (χ4n) is 7.92. The number of hydrogen-bond donors (Lipinski definition) is 1. The zero-order valence-corrected chi connectivity index (χ0v) is 29.4. The molecular weight excluding hydrogens is 633 g/mol. The quantitative estimate of drug-likeness (QED) is 0.203. The van der Waals surface area contributed by atoms with Crippen LogP contribution in [-0.4, -0.2) is 19.5 Å². The Labute approximate surface area is 302 Å². The van der Waals surface area contributed by atoms with Gasteiger partial charge in [-0.05, 0) is 87.3 Å². The first-order chi connectivity index (χ1) is 25.4. The molecule has 4 heteroatoms. The minimum atomic E-state index is -0.0758. The molecule has 0 aliphatic rings. The van der Waals surface area contributed by atoms with E-state index in [1.807, 2.05) is 18.3 Å². The van der Waals surface area contributed by atoms with Crippen molar-refractivity contribution in [2.24, 2.45) is 0 Å². The van der Waals surface area contributed by atoms with Gasteiger partial charge in [0, 0.05) is 44.6 Å². The van der Waals surface area contributed by atoms with E-state index in [1.165, 1.54) is 37.9 Å². The maximum absolute atomic E-state index is 5.72. The van der Waals surface area contributed by atoms with Crippen LogP contribution in [0.1, 0.15) is 26.3 Å². The van der Waals surface area contributed by atoms with E-state index in [4.69, 9.17) is 9.97 Å². The maximum Gasteiger partial charge on any atom is 0.147 e. The molecular formula is C48H36N4. The molecule has 0 aliphatic heterocycles. The van der Waals surface area contributed by atoms with Crippen LogP contribution in [-0.2, 0) is 5.41 Å². The fourth-order valence-corrected chi connectivity index (χ4v) is 7.92. The molecule has 0 saturated heterocycles. The molecule has 248 valence electrons. The van der Waals surface area contributed by atoms with Gasteiger partial charge in [0.05, 0.1) is 27.9 Å². The van der Waals surface area contributed by atoms with Crippen molar-refractivity contribution in [3.8, 4) is 39.5 Å². The Morgan fingerprint density at radius 3 is 2.12 bits per heavy atom. The van der Waals surface area contributed by atoms with Crippen LogP contribution in [0.3, 0.4) is 0 Å². The Balaban J connectivity index is 1.35. The normalized spacial score (nSPS) is 12.1. The number of hydrogen-bond acceptors (Lipinski definition) is 2. The molecule has 10 rings (SSSR count). The zero-order valence-electron chi connectivity index (χ0n) is 29.4. The van der Waals surface area contributed by atoms with Crippen LogP contribution in [0.5, 0.6) is 0 Å². The second-order valence-electron chi connectivity index (χ2n) is 14.8. The number of aromatic nitrogens is 4. The minimum Gasteiger partial charge on any atom is -0.354 e. The molecule has 0 amide bonds. The fraction of sp³-hybridized carbons (Fsp3) is 0.0833. The van der Waals surface area contributed by atoms with Crippen molar-refractivity contribution in [3.63, 3.8) is 0 Å². The molecule has 0 saturated carbocycles. The summed E-state index contributed by atoms with van der Waals surface area (Å²) in [6.45, 7) is 6.87. The molecule has 0 spiro atoms. The van der Waals surface area contributed by atoms with Gasteiger partial charge in [-0.25, -0.2) is 4.98 Å². The molecule has 52 heavy (non-hydrogen) atoms. The number of benzene rings is 7. The van der Waals surface area contributed by atoms with Gasteiger partial charge in [-0.15, -0.1) is 0 Å². The van der Waals surface area contributed by atoms with E-state index in [1.54, 1.807) is 0 Å². The molecule has 4 nitrogen and oxygen atoms in total. The van der Waals surface area contributed by atoms with Gasteiger partial charge in [-0.2, -0.15) is 0 Å². The third-order valence-electron chi connectivity index (χ3n) is 10.5. The van der Waals surface area contributed by atoms with Crippen molar-refractivity contribution in [1.29, 1.82) is 0 Å². The topological polar surface area (TPSA) is 46.5 Å². The number of pyridine rings is 1. The lowest BCUT2D eigenvalue weighted by atomic mass is 9.85. The Bertz CT molecular complexity index is 2990. The van der Waals surface area contributed by atoms with Gasteiger partial charge in [-0.3, -0.25) is 9.55 Å². The first-order valence-electron chi connectivity index (χ1n) is 17.9. The molecule has 0 fully saturated rings. The van der Waals surface area contributed by atoms with Crippen LogP contribution in [0.15, 0.2) is 158 Å². The predicted octanol–water partition coefficient (Wildman–Crippen LogP) is 12.7. The molecule has 10 aromatic rings. The molecule has 1 N–H and O–H groups in total. The van der Waals surface area contributed by atoms with Crippen molar-refractivity contribution in [2.75, 3.05) is 0 Å². The molecule has 3 heterocycles. The molecule has 7 aromatic carbocycles. The number of para-hydroxylation sites is 2. The largest absolute Gasteiger partial charge is 0.354 e. The molecule has 0 aliphatic carbocycles. The van der Waals surface area contributed by atoms with Crippen LogP contribution < -0.4 is 0 Å². The number of rotatable bonds is 4. The third kappa shape index (κ3) is 4.75. The average molecular weight is 669 g/mol. The average Bonchev–Trinajstić information content (AvgIpc) is 3.76. The number of imidazole rings is 1. The highest BCUT2D eigenvalue weighted by Crippen LogP contribution is 2.43. The van der Waals surface area contributed by atoms with Gasteiger partial charge < -0.3 is 4.98 Å². The smallest absolute Gasteiger partial charge is 0.147 e. The summed E-state index contributed by atoms with van der Waals surface area (Å²) in [6, 6.07) is 54.4. The van der Waals surface area contributed by atoms with E-state index in [2.05, 4.69) is 170 Å². The number of fused-ring (bicyclic) bond motifs is 6. The highest BCUT2D eigenvalue weighted by molar-refractivity contribution is 6.13. The van der Waals surface area contributed by atoms with Gasteiger partial charge in [-0.1, -0.05) is 118 Å². The van der Waals surface area contributed by atoms with Crippen LogP contribution in [0, 0.1) is 0 Å². The van der Waals surface area contributed by atoms with Crippen molar-refractivity contribution >= 4 is 54.4 Å². The van der Waals surface area contributed by atoms with Crippen LogP contribution in [0.25, 0.3) is 93.8 Å². The highest BCUT2D eigenvalue weighted by atomic mass is 15.1. The second kappa shape index (κ2) is 11.5. The van der Waals surface area contributed by atoms with Crippen LogP contribution >= 0.6 is 0 Å². The molecule has 0 bridgehead atoms. The van der Waals surface area contributed by atoms with E-state index in [-0.39, 0.29) is 5.41 Å². The summed E-state index contributed by atoms with van der Waals surface area (Å²) in [4.78, 5) is 14.3. The Kier molecular flexibility index (Phi) is 6.71. The number of nitrogens with one attached hydrogen (secondary N) is 1. The van der Waals surface area contributed by atoms with Gasteiger partial charge >= 0.3 is 0 Å². The summed E-state index contributed by atoms with van der Waals surface area (Å²) >= 11 is 0. The lowest BCUT2D eigenvalue weighted by Gasteiger charge is -2.21. The lowest BCUT2D eigenvalue weighted by molar-refractivity contribution is 0.591. The first kappa shape index (κ1) is 30.3. The Morgan fingerprint density at radius 1 is 0.558 bits per heavy atom. The summed E-state index contributed by atoms with van der Waals surface area (Å²) in [5.41, 5.74) is 11.9. The van der Waals surface area contributed by atoms with E-state index in [0.717, 1.165) is 61.5 Å². The van der Waals surface area contributed by atoms with Gasteiger partial charge in [0.15, 0.2) is 0 Å². The molecule has 0 unspecified atom stereocenters. The summed E-state index contributed by atoms with van der Waals surface area (Å²) in [5.74, 6) is 0.909. The van der Waals surface area contributed by atoms with Crippen molar-refractivity contribution in [2.45, 2.75) is 26.2 Å². The SMILES string of the molecule is CC(C)(C)c1cc(-c2nc3c(-c4cc(-c5ccccn5)cc5ccccc45)cccc3n2-c2cccc3ccccc23)c2[nH]c3ccccc3c2c1. The second-order valence-corrected chi connectivity index (χ2v) is 14.8. The molecule has 0 radical (unpaired) electrons. The third-order valence-corrected chi connectivity index (χ3v) is 10.5. The predicted molar refractivity (Wildman–Crippen MR) is 218 cm³/mol. The van der Waals surface area contributed by atoms with Crippen molar-refractivity contribution in [1.82, 2.24) is 19.5 Å². The summed E-state index contributed by atoms with van der Waals surface area (Å²) < 4.78 is 2.39. The standard InChI is InChI=1S/C48H36N4/c1-48(2,3)33-28-39-36-19-8-9-22-42(36)50-45(39)40(29-33)47-51-46-37(20-13-24-44(46)52(47)43-23-12-16-30-14-4-7-18-35(30)43)38-27-32(41-21-10-11-25-49-41)26-31-15-5-6-17-34(31)38/h4-29,50H,1-3H3. The van der Waals surface area contributed by atoms with Crippen LogP contribution in [0.4, 0.5) is 0 Å². The van der Waals surface area contributed by atoms with Gasteiger partial charge in [0.1, 0.15) is 5.82 Å². The first-order valence-corrected chi connectivity index (χ1v) is 17.9. The van der Waals surface area contributed by atoms with E-state index >= 15 is 0 Å². The number of H-pyrrole nitrogens is 1. The van der Waals surface area contributed by atoms with Crippen LogP contribution in [0.2, 0.25) is 0 Å². The van der Waals surface area contributed by atoms with E-state index in [0.29, 0.717) is 0 Å². The summed E-state index contributed by atoms with van der Waals surface area (Å²) in [5, 5.41) is 7.16. The summed E-state index contributed by atoms with van der Waals surface area (Å²) in [7, 11) is 0. The van der Waals surface area contributed by atoms with E-state index in [9.17, 15) is 0 Å². The van der Waals surface area contributed by atoms with Gasteiger partial charge in [0.25, 0.3) is 0 Å². The summed E-state index contributed by atoms with van der Waals surface area (Å²) in [6.07, 6.45) is 1.86. The number of aromatic amines is 1. The monoisotopic (exact) mass is 668 g/mol. The van der Waals surface area contributed by atoms with E-state index < -0.39 is 0 Å². The van der Waals surface area contributed by atoms with Gasteiger partial charge in [0.2, 0.25) is 0 Å².